The zero-order valence-corrected chi connectivity index (χ0v) is 10.4. The highest BCUT2D eigenvalue weighted by molar-refractivity contribution is 5.76. The lowest BCUT2D eigenvalue weighted by Gasteiger charge is -2.26. The molecule has 0 spiro atoms. The fourth-order valence-corrected chi connectivity index (χ4v) is 2.48. The number of carbonyl (C=O) groups is 1. The van der Waals surface area contributed by atoms with Crippen molar-refractivity contribution in [2.75, 3.05) is 19.7 Å². The van der Waals surface area contributed by atoms with E-state index in [1.807, 2.05) is 6.92 Å². The van der Waals surface area contributed by atoms with Gasteiger partial charge in [-0.05, 0) is 26.3 Å². The molecule has 2 fully saturated rings. The average molecular weight is 242 g/mol. The summed E-state index contributed by atoms with van der Waals surface area (Å²) in [6.07, 6.45) is 3.11. The van der Waals surface area contributed by atoms with Crippen molar-refractivity contribution in [3.05, 3.63) is 0 Å². The van der Waals surface area contributed by atoms with Gasteiger partial charge >= 0.3 is 0 Å². The van der Waals surface area contributed by atoms with Gasteiger partial charge in [0.1, 0.15) is 5.60 Å². The van der Waals surface area contributed by atoms with E-state index in [-0.39, 0.29) is 12.0 Å². The Labute approximate surface area is 102 Å². The molecule has 2 saturated heterocycles. The van der Waals surface area contributed by atoms with Gasteiger partial charge in [-0.3, -0.25) is 4.79 Å². The van der Waals surface area contributed by atoms with Crippen LogP contribution in [0.3, 0.4) is 0 Å². The molecule has 0 aliphatic carbocycles. The molecule has 3 N–H and O–H groups in total. The fraction of sp³-hybridized carbons (Fsp3) is 0.917. The Morgan fingerprint density at radius 2 is 2.47 bits per heavy atom. The van der Waals surface area contributed by atoms with E-state index in [0.717, 1.165) is 19.4 Å². The molecule has 98 valence electrons. The number of hydrogen-bond acceptors (Lipinski definition) is 4. The van der Waals surface area contributed by atoms with Crippen molar-refractivity contribution in [3.63, 3.8) is 0 Å². The molecule has 2 heterocycles. The molecule has 0 bridgehead atoms. The highest BCUT2D eigenvalue weighted by Crippen LogP contribution is 2.24. The van der Waals surface area contributed by atoms with Crippen molar-refractivity contribution in [1.82, 2.24) is 10.6 Å². The first-order chi connectivity index (χ1) is 8.10. The van der Waals surface area contributed by atoms with Crippen molar-refractivity contribution in [1.29, 1.82) is 0 Å². The first kappa shape index (κ1) is 12.8. The minimum Gasteiger partial charge on any atom is -0.385 e. The van der Waals surface area contributed by atoms with Gasteiger partial charge in [-0.2, -0.15) is 0 Å². The molecule has 2 rings (SSSR count). The number of carbonyl (C=O) groups excluding carboxylic acids is 1. The van der Waals surface area contributed by atoms with E-state index in [2.05, 4.69) is 10.6 Å². The first-order valence-electron chi connectivity index (χ1n) is 6.44. The number of hydrogen-bond donors (Lipinski definition) is 3. The second-order valence-corrected chi connectivity index (χ2v) is 5.14. The zero-order valence-electron chi connectivity index (χ0n) is 10.4. The number of aliphatic hydroxyl groups is 1. The Morgan fingerprint density at radius 1 is 1.65 bits per heavy atom. The van der Waals surface area contributed by atoms with E-state index < -0.39 is 5.60 Å². The van der Waals surface area contributed by atoms with Gasteiger partial charge in [0.2, 0.25) is 5.91 Å². The van der Waals surface area contributed by atoms with Crippen molar-refractivity contribution >= 4 is 5.91 Å². The van der Waals surface area contributed by atoms with Gasteiger partial charge in [-0.25, -0.2) is 0 Å². The summed E-state index contributed by atoms with van der Waals surface area (Å²) in [5.41, 5.74) is -0.890. The van der Waals surface area contributed by atoms with Gasteiger partial charge in [-0.15, -0.1) is 0 Å². The van der Waals surface area contributed by atoms with Crippen molar-refractivity contribution in [2.45, 2.75) is 50.4 Å². The lowest BCUT2D eigenvalue weighted by atomic mass is 9.96. The SMILES string of the molecule is CC1OCCC1(O)CNC(=O)CC1CCCN1. The topological polar surface area (TPSA) is 70.6 Å². The summed E-state index contributed by atoms with van der Waals surface area (Å²) in [6.45, 7) is 3.71. The summed E-state index contributed by atoms with van der Waals surface area (Å²) in [7, 11) is 0. The molecule has 1 amide bonds. The number of rotatable bonds is 4. The van der Waals surface area contributed by atoms with Crippen LogP contribution in [0.25, 0.3) is 0 Å². The molecule has 5 heteroatoms. The summed E-state index contributed by atoms with van der Waals surface area (Å²) in [5, 5.41) is 16.3. The molecule has 2 aliphatic heterocycles. The van der Waals surface area contributed by atoms with Crippen LogP contribution in [0.1, 0.15) is 32.6 Å². The van der Waals surface area contributed by atoms with Crippen molar-refractivity contribution in [2.24, 2.45) is 0 Å². The van der Waals surface area contributed by atoms with Crippen LogP contribution in [0.5, 0.6) is 0 Å². The van der Waals surface area contributed by atoms with E-state index in [4.69, 9.17) is 4.74 Å². The number of amides is 1. The summed E-state index contributed by atoms with van der Waals surface area (Å²) in [6, 6.07) is 0.307. The third-order valence-electron chi connectivity index (χ3n) is 3.85. The molecule has 2 aliphatic rings. The van der Waals surface area contributed by atoms with Crippen LogP contribution in [-0.4, -0.2) is 48.5 Å². The van der Waals surface area contributed by atoms with E-state index in [0.29, 0.717) is 32.0 Å². The first-order valence-corrected chi connectivity index (χ1v) is 6.44. The fourth-order valence-electron chi connectivity index (χ4n) is 2.48. The monoisotopic (exact) mass is 242 g/mol. The normalized spacial score (nSPS) is 37.3. The average Bonchev–Trinajstić information content (AvgIpc) is 2.89. The van der Waals surface area contributed by atoms with Crippen molar-refractivity contribution < 1.29 is 14.6 Å². The number of ether oxygens (including phenoxy) is 1. The van der Waals surface area contributed by atoms with E-state index >= 15 is 0 Å². The van der Waals surface area contributed by atoms with Crippen LogP contribution in [0, 0.1) is 0 Å². The Balaban J connectivity index is 1.71. The maximum absolute atomic E-state index is 11.7. The van der Waals surface area contributed by atoms with E-state index in [1.165, 1.54) is 0 Å². The highest BCUT2D eigenvalue weighted by atomic mass is 16.5. The molecule has 0 saturated carbocycles. The van der Waals surface area contributed by atoms with Crippen LogP contribution >= 0.6 is 0 Å². The Hall–Kier alpha value is -0.650. The van der Waals surface area contributed by atoms with E-state index in [9.17, 15) is 9.90 Å². The molecule has 0 radical (unpaired) electrons. The third kappa shape index (κ3) is 3.18. The second-order valence-electron chi connectivity index (χ2n) is 5.14. The largest absolute Gasteiger partial charge is 0.385 e. The molecular formula is C12H22N2O3. The Bertz CT molecular complexity index is 279. The second kappa shape index (κ2) is 5.33. The van der Waals surface area contributed by atoms with E-state index in [1.54, 1.807) is 0 Å². The zero-order chi connectivity index (χ0) is 12.3. The summed E-state index contributed by atoms with van der Waals surface area (Å²) < 4.78 is 5.32. The Kier molecular flexibility index (Phi) is 4.01. The van der Waals surface area contributed by atoms with Crippen LogP contribution in [-0.2, 0) is 9.53 Å². The third-order valence-corrected chi connectivity index (χ3v) is 3.85. The maximum atomic E-state index is 11.7. The van der Waals surface area contributed by atoms with Gasteiger partial charge in [0, 0.05) is 32.0 Å². The lowest BCUT2D eigenvalue weighted by Crippen LogP contribution is -2.48. The molecule has 5 nitrogen and oxygen atoms in total. The van der Waals surface area contributed by atoms with Crippen LogP contribution in [0.15, 0.2) is 0 Å². The quantitative estimate of drug-likeness (QED) is 0.637. The molecule has 0 aromatic rings. The van der Waals surface area contributed by atoms with Crippen LogP contribution < -0.4 is 10.6 Å². The minimum absolute atomic E-state index is 0.0110. The Morgan fingerprint density at radius 3 is 3.06 bits per heavy atom. The summed E-state index contributed by atoms with van der Waals surface area (Å²) >= 11 is 0. The van der Waals surface area contributed by atoms with Gasteiger partial charge < -0.3 is 20.5 Å². The highest BCUT2D eigenvalue weighted by Gasteiger charge is 2.39. The van der Waals surface area contributed by atoms with Gasteiger partial charge in [0.25, 0.3) is 0 Å². The molecule has 3 unspecified atom stereocenters. The predicted molar refractivity (Wildman–Crippen MR) is 63.6 cm³/mol. The van der Waals surface area contributed by atoms with Gasteiger partial charge in [-0.1, -0.05) is 0 Å². The minimum atomic E-state index is -0.890. The molecule has 17 heavy (non-hydrogen) atoms. The predicted octanol–water partition coefficient (Wildman–Crippen LogP) is -0.215. The van der Waals surface area contributed by atoms with Crippen LogP contribution in [0.2, 0.25) is 0 Å². The molecular weight excluding hydrogens is 220 g/mol. The standard InChI is InChI=1S/C12H22N2O3/c1-9-12(16,4-6-17-9)8-14-11(15)7-10-3-2-5-13-10/h9-10,13,16H,2-8H2,1H3,(H,14,15). The summed E-state index contributed by atoms with van der Waals surface area (Å²) in [4.78, 5) is 11.7. The molecule has 3 atom stereocenters. The van der Waals surface area contributed by atoms with Crippen molar-refractivity contribution in [3.8, 4) is 0 Å². The summed E-state index contributed by atoms with van der Waals surface area (Å²) in [5.74, 6) is 0.0110. The van der Waals surface area contributed by atoms with Gasteiger partial charge in [0.05, 0.1) is 6.10 Å². The number of nitrogens with one attached hydrogen (secondary N) is 2. The van der Waals surface area contributed by atoms with Crippen LogP contribution in [0.4, 0.5) is 0 Å². The smallest absolute Gasteiger partial charge is 0.221 e. The molecule has 0 aromatic heterocycles. The van der Waals surface area contributed by atoms with Gasteiger partial charge in [0.15, 0.2) is 0 Å². The molecule has 0 aromatic carbocycles. The maximum Gasteiger partial charge on any atom is 0.221 e. The lowest BCUT2D eigenvalue weighted by molar-refractivity contribution is -0.123.